The Hall–Kier alpha value is -2.98. The van der Waals surface area contributed by atoms with Gasteiger partial charge in [0.05, 0.1) is 21.0 Å². The van der Waals surface area contributed by atoms with E-state index in [1.807, 2.05) is 6.92 Å². The Labute approximate surface area is 180 Å². The van der Waals surface area contributed by atoms with Crippen LogP contribution >= 0.6 is 23.5 Å². The third-order valence-electron chi connectivity index (χ3n) is 4.45. The third-order valence-corrected chi connectivity index (χ3v) is 6.93. The van der Waals surface area contributed by atoms with Crippen molar-refractivity contribution in [3.05, 3.63) is 79.6 Å². The Kier molecular flexibility index (Phi) is 5.69. The van der Waals surface area contributed by atoms with Gasteiger partial charge >= 0.3 is 5.97 Å². The van der Waals surface area contributed by atoms with E-state index in [1.54, 1.807) is 18.2 Å². The maximum Gasteiger partial charge on any atom is 0.357 e. The minimum atomic E-state index is -0.593. The molecule has 3 heterocycles. The van der Waals surface area contributed by atoms with Crippen LogP contribution in [0.25, 0.3) is 6.08 Å². The topological polar surface area (TPSA) is 103 Å². The molecule has 2 aliphatic heterocycles. The Morgan fingerprint density at radius 3 is 2.77 bits per heavy atom. The fourth-order valence-electron chi connectivity index (χ4n) is 3.02. The molecule has 8 nitrogen and oxygen atoms in total. The molecule has 1 amide bonds. The molecule has 1 aromatic heterocycles. The van der Waals surface area contributed by atoms with Gasteiger partial charge in [-0.3, -0.25) is 19.8 Å². The van der Waals surface area contributed by atoms with Crippen LogP contribution in [0.1, 0.15) is 18.2 Å². The van der Waals surface area contributed by atoms with Gasteiger partial charge in [-0.25, -0.2) is 4.79 Å². The van der Waals surface area contributed by atoms with E-state index in [0.29, 0.717) is 16.9 Å². The van der Waals surface area contributed by atoms with Gasteiger partial charge in [-0.1, -0.05) is 18.7 Å². The molecule has 1 fully saturated rings. The second-order valence-electron chi connectivity index (χ2n) is 6.33. The summed E-state index contributed by atoms with van der Waals surface area (Å²) in [6, 6.07) is 9.28. The molecule has 0 bridgehead atoms. The number of β-lactam (4-membered cyclic amide) rings is 1. The molecule has 0 radical (unpaired) electrons. The van der Waals surface area contributed by atoms with E-state index < -0.39 is 10.9 Å². The summed E-state index contributed by atoms with van der Waals surface area (Å²) in [5, 5.41) is 10.5. The zero-order valence-corrected chi connectivity index (χ0v) is 17.4. The zero-order chi connectivity index (χ0) is 21.3. The molecule has 1 atom stereocenters. The zero-order valence-electron chi connectivity index (χ0n) is 15.8. The molecule has 0 unspecified atom stereocenters. The monoisotopic (exact) mass is 444 g/mol. The number of hydrogen-bond donors (Lipinski definition) is 0. The summed E-state index contributed by atoms with van der Waals surface area (Å²) in [7, 11) is 0. The Morgan fingerprint density at radius 2 is 2.13 bits per heavy atom. The van der Waals surface area contributed by atoms with Gasteiger partial charge in [-0.05, 0) is 41.7 Å². The van der Waals surface area contributed by atoms with Gasteiger partial charge in [0.25, 0.3) is 11.6 Å². The Bertz CT molecular complexity index is 1060. The van der Waals surface area contributed by atoms with E-state index in [1.165, 1.54) is 59.0 Å². The first-order chi connectivity index (χ1) is 14.5. The second-order valence-corrected chi connectivity index (χ2v) is 8.95. The minimum Gasteiger partial charge on any atom is -0.465 e. The number of carbonyl (C=O) groups is 2. The molecule has 10 heteroatoms. The molecule has 1 saturated heterocycles. The molecule has 4 rings (SSSR count). The highest BCUT2D eigenvalue weighted by Gasteiger charge is 2.53. The number of carbonyl (C=O) groups excluding carboxylic acids is 2. The maximum atomic E-state index is 12.8. The quantitative estimate of drug-likeness (QED) is 0.206. The SMILES string of the molecule is CCSC1=C(C(=O)OCc2ccc([N+](=O)[O-])cc2)N2C(=O)C(=Cc3ccco3)[C@@H]2S1. The number of nitrogens with zero attached hydrogens (tertiary/aromatic N) is 2. The van der Waals surface area contributed by atoms with Crippen LogP contribution in [-0.4, -0.2) is 32.8 Å². The van der Waals surface area contributed by atoms with Crippen LogP contribution in [0.5, 0.6) is 0 Å². The molecule has 154 valence electrons. The summed E-state index contributed by atoms with van der Waals surface area (Å²) in [6.45, 7) is 1.92. The van der Waals surface area contributed by atoms with Gasteiger partial charge in [0, 0.05) is 12.1 Å². The number of esters is 1. The number of thioether (sulfide) groups is 2. The van der Waals surface area contributed by atoms with Gasteiger partial charge in [0.2, 0.25) is 0 Å². The minimum absolute atomic E-state index is 0.0356. The number of furan rings is 1. The van der Waals surface area contributed by atoms with E-state index in [0.717, 1.165) is 9.99 Å². The molecule has 0 saturated carbocycles. The lowest BCUT2D eigenvalue weighted by Gasteiger charge is -2.37. The van der Waals surface area contributed by atoms with Crippen LogP contribution in [-0.2, 0) is 20.9 Å². The average Bonchev–Trinajstić information content (AvgIpc) is 3.37. The number of ether oxygens (including phenoxy) is 1. The highest BCUT2D eigenvalue weighted by molar-refractivity contribution is 8.22. The number of amides is 1. The summed E-state index contributed by atoms with van der Waals surface area (Å²) in [4.78, 5) is 37.2. The summed E-state index contributed by atoms with van der Waals surface area (Å²) in [5.41, 5.74) is 1.41. The van der Waals surface area contributed by atoms with Gasteiger partial charge in [0.1, 0.15) is 17.7 Å². The van der Waals surface area contributed by atoms with Crippen LogP contribution < -0.4 is 0 Å². The molecular formula is C20H16N2O6S2. The summed E-state index contributed by atoms with van der Waals surface area (Å²) >= 11 is 2.93. The molecular weight excluding hydrogens is 428 g/mol. The van der Waals surface area contributed by atoms with E-state index in [4.69, 9.17) is 9.15 Å². The first-order valence-corrected chi connectivity index (χ1v) is 10.9. The fourth-order valence-corrected chi connectivity index (χ4v) is 5.60. The van der Waals surface area contributed by atoms with Crippen LogP contribution in [0.4, 0.5) is 5.69 Å². The number of nitro benzene ring substituents is 1. The lowest BCUT2D eigenvalue weighted by Crippen LogP contribution is -2.51. The predicted molar refractivity (Wildman–Crippen MR) is 113 cm³/mol. The van der Waals surface area contributed by atoms with E-state index in [-0.39, 0.29) is 29.3 Å². The summed E-state index contributed by atoms with van der Waals surface area (Å²) in [6.07, 6.45) is 3.22. The molecule has 0 spiro atoms. The van der Waals surface area contributed by atoms with Crippen molar-refractivity contribution in [3.63, 3.8) is 0 Å². The van der Waals surface area contributed by atoms with Crippen LogP contribution in [0.3, 0.4) is 0 Å². The molecule has 30 heavy (non-hydrogen) atoms. The van der Waals surface area contributed by atoms with E-state index in [2.05, 4.69) is 0 Å². The van der Waals surface area contributed by atoms with Gasteiger partial charge in [-0.2, -0.15) is 0 Å². The van der Waals surface area contributed by atoms with Crippen molar-refractivity contribution in [3.8, 4) is 0 Å². The predicted octanol–water partition coefficient (Wildman–Crippen LogP) is 4.15. The molecule has 1 aromatic carbocycles. The Morgan fingerprint density at radius 1 is 1.37 bits per heavy atom. The summed E-state index contributed by atoms with van der Waals surface area (Å²) < 4.78 is 11.4. The molecule has 2 aromatic rings. The number of benzene rings is 1. The highest BCUT2D eigenvalue weighted by Crippen LogP contribution is 2.53. The van der Waals surface area contributed by atoms with Crippen molar-refractivity contribution in [2.24, 2.45) is 0 Å². The number of fused-ring (bicyclic) bond motifs is 1. The van der Waals surface area contributed by atoms with Crippen molar-refractivity contribution < 1.29 is 23.7 Å². The van der Waals surface area contributed by atoms with Crippen LogP contribution in [0, 0.1) is 10.1 Å². The second kappa shape index (κ2) is 8.41. The molecule has 0 aliphatic carbocycles. The fraction of sp³-hybridized carbons (Fsp3) is 0.200. The van der Waals surface area contributed by atoms with Crippen LogP contribution in [0.15, 0.2) is 62.6 Å². The highest BCUT2D eigenvalue weighted by atomic mass is 32.2. The normalized spacial score (nSPS) is 19.1. The van der Waals surface area contributed by atoms with Crippen molar-refractivity contribution >= 4 is 47.2 Å². The largest absolute Gasteiger partial charge is 0.465 e. The third kappa shape index (κ3) is 3.75. The van der Waals surface area contributed by atoms with Crippen molar-refractivity contribution in [1.82, 2.24) is 4.90 Å². The molecule has 2 aliphatic rings. The van der Waals surface area contributed by atoms with E-state index >= 15 is 0 Å². The Balaban J connectivity index is 1.48. The van der Waals surface area contributed by atoms with E-state index in [9.17, 15) is 19.7 Å². The van der Waals surface area contributed by atoms with Gasteiger partial charge in [-0.15, -0.1) is 11.8 Å². The lowest BCUT2D eigenvalue weighted by atomic mass is 10.0. The first kappa shape index (κ1) is 20.3. The van der Waals surface area contributed by atoms with Crippen molar-refractivity contribution in [2.45, 2.75) is 18.9 Å². The number of hydrogen-bond acceptors (Lipinski definition) is 8. The van der Waals surface area contributed by atoms with Crippen molar-refractivity contribution in [2.75, 3.05) is 5.75 Å². The number of nitro groups is 1. The first-order valence-electron chi connectivity index (χ1n) is 9.02. The van der Waals surface area contributed by atoms with Crippen molar-refractivity contribution in [1.29, 1.82) is 0 Å². The maximum absolute atomic E-state index is 12.8. The van der Waals surface area contributed by atoms with Gasteiger partial charge < -0.3 is 9.15 Å². The number of non-ortho nitro benzene ring substituents is 1. The smallest absolute Gasteiger partial charge is 0.357 e. The standard InChI is InChI=1S/C20H16N2O6S2/c1-2-29-20-16(19(24)28-11-12-5-7-13(8-6-12)22(25)26)21-17(23)15(18(21)30-20)10-14-4-3-9-27-14/h3-10,18H,2,11H2,1H3/t18-/m0/s1. The molecule has 0 N–H and O–H groups in total. The lowest BCUT2D eigenvalue weighted by molar-refractivity contribution is -0.384. The van der Waals surface area contributed by atoms with Gasteiger partial charge in [0.15, 0.2) is 5.70 Å². The average molecular weight is 444 g/mol. The number of rotatable bonds is 7. The summed E-state index contributed by atoms with van der Waals surface area (Å²) in [5.74, 6) is 0.480. The van der Waals surface area contributed by atoms with Crippen LogP contribution in [0.2, 0.25) is 0 Å².